The van der Waals surface area contributed by atoms with Crippen molar-refractivity contribution in [3.05, 3.63) is 28.8 Å². The molecule has 1 heterocycles. The summed E-state index contributed by atoms with van der Waals surface area (Å²) < 4.78 is 29.0. The summed E-state index contributed by atoms with van der Waals surface area (Å²) in [7, 11) is -3.03. The van der Waals surface area contributed by atoms with Gasteiger partial charge >= 0.3 is 0 Å². The Kier molecular flexibility index (Phi) is 6.52. The number of halogens is 1. The molecule has 2 rings (SSSR count). The molecular weight excluding hydrogens is 350 g/mol. The Hall–Kier alpha value is -1.27. The molecule has 1 saturated heterocycles. The molecule has 0 N–H and O–H groups in total. The van der Waals surface area contributed by atoms with Crippen molar-refractivity contribution in [2.24, 2.45) is 0 Å². The summed E-state index contributed by atoms with van der Waals surface area (Å²) in [5.41, 5.74) is 0.881. The minimum Gasteiger partial charge on any atom is -0.484 e. The molecule has 1 aromatic rings. The Bertz CT molecular complexity index is 690. The molecule has 0 radical (unpaired) electrons. The largest absolute Gasteiger partial charge is 0.484 e. The Labute approximate surface area is 148 Å². The van der Waals surface area contributed by atoms with E-state index in [1.165, 1.54) is 0 Å². The van der Waals surface area contributed by atoms with Crippen LogP contribution >= 0.6 is 11.6 Å². The monoisotopic (exact) mass is 373 g/mol. The fourth-order valence-corrected chi connectivity index (χ4v) is 4.64. The van der Waals surface area contributed by atoms with E-state index in [0.29, 0.717) is 23.7 Å². The van der Waals surface area contributed by atoms with E-state index < -0.39 is 9.84 Å². The van der Waals surface area contributed by atoms with Gasteiger partial charge in [0.2, 0.25) is 0 Å². The molecule has 1 atom stereocenters. The molecule has 24 heavy (non-hydrogen) atoms. The van der Waals surface area contributed by atoms with Gasteiger partial charge in [-0.2, -0.15) is 0 Å². The standard InChI is InChI=1S/C17H24ClNO4S/c1-3-4-8-19(14-7-9-24(21,22)12-14)17(20)11-23-15-5-6-16(18)13(2)10-15/h5-6,10,14H,3-4,7-9,11-12H2,1-2H3. The van der Waals surface area contributed by atoms with Gasteiger partial charge in [0.15, 0.2) is 16.4 Å². The van der Waals surface area contributed by atoms with Crippen molar-refractivity contribution in [3.8, 4) is 5.75 Å². The van der Waals surface area contributed by atoms with Crippen molar-refractivity contribution in [3.63, 3.8) is 0 Å². The molecule has 0 aromatic heterocycles. The normalized spacial score (nSPS) is 19.2. The number of rotatable bonds is 7. The molecule has 0 spiro atoms. The smallest absolute Gasteiger partial charge is 0.260 e. The van der Waals surface area contributed by atoms with E-state index in [1.54, 1.807) is 23.1 Å². The molecule has 0 saturated carbocycles. The number of hydrogen-bond donors (Lipinski definition) is 0. The molecule has 5 nitrogen and oxygen atoms in total. The first-order chi connectivity index (χ1) is 11.3. The van der Waals surface area contributed by atoms with E-state index >= 15 is 0 Å². The number of unbranched alkanes of at least 4 members (excludes halogenated alkanes) is 1. The number of benzene rings is 1. The first-order valence-electron chi connectivity index (χ1n) is 8.21. The van der Waals surface area contributed by atoms with Crippen molar-refractivity contribution in [2.75, 3.05) is 24.7 Å². The van der Waals surface area contributed by atoms with Crippen LogP contribution in [0.5, 0.6) is 5.75 Å². The summed E-state index contributed by atoms with van der Waals surface area (Å²) >= 11 is 5.98. The van der Waals surface area contributed by atoms with Gasteiger partial charge in [0.05, 0.1) is 11.5 Å². The number of hydrogen-bond acceptors (Lipinski definition) is 4. The highest BCUT2D eigenvalue weighted by molar-refractivity contribution is 7.91. The van der Waals surface area contributed by atoms with Crippen molar-refractivity contribution in [2.45, 2.75) is 39.2 Å². The Morgan fingerprint density at radius 2 is 2.17 bits per heavy atom. The summed E-state index contributed by atoms with van der Waals surface area (Å²) in [6.45, 7) is 4.38. The van der Waals surface area contributed by atoms with Crippen molar-refractivity contribution in [1.29, 1.82) is 0 Å². The Balaban J connectivity index is 2.00. The summed E-state index contributed by atoms with van der Waals surface area (Å²) in [4.78, 5) is 14.2. The fraction of sp³-hybridized carbons (Fsp3) is 0.588. The van der Waals surface area contributed by atoms with Crippen molar-refractivity contribution < 1.29 is 17.9 Å². The fourth-order valence-electron chi connectivity index (χ4n) is 2.80. The van der Waals surface area contributed by atoms with E-state index in [-0.39, 0.29) is 30.1 Å². The van der Waals surface area contributed by atoms with Crippen LogP contribution in [0.1, 0.15) is 31.7 Å². The maximum atomic E-state index is 12.6. The van der Waals surface area contributed by atoms with Gasteiger partial charge in [0, 0.05) is 17.6 Å². The van der Waals surface area contributed by atoms with Gasteiger partial charge in [-0.15, -0.1) is 0 Å². The first-order valence-corrected chi connectivity index (χ1v) is 10.4. The summed E-state index contributed by atoms with van der Waals surface area (Å²) in [5.74, 6) is 0.630. The van der Waals surface area contributed by atoms with Crippen molar-refractivity contribution >= 4 is 27.3 Å². The van der Waals surface area contributed by atoms with Crippen LogP contribution < -0.4 is 4.74 Å². The second-order valence-electron chi connectivity index (χ2n) is 6.20. The van der Waals surface area contributed by atoms with Gasteiger partial charge in [0.1, 0.15) is 5.75 Å². The zero-order chi connectivity index (χ0) is 17.7. The predicted molar refractivity (Wildman–Crippen MR) is 95.4 cm³/mol. The molecule has 0 aliphatic carbocycles. The van der Waals surface area contributed by atoms with E-state index in [9.17, 15) is 13.2 Å². The molecule has 1 aliphatic heterocycles. The Morgan fingerprint density at radius 1 is 1.42 bits per heavy atom. The van der Waals surface area contributed by atoms with E-state index in [2.05, 4.69) is 0 Å². The maximum Gasteiger partial charge on any atom is 0.260 e. The Morgan fingerprint density at radius 3 is 2.75 bits per heavy atom. The third-order valence-electron chi connectivity index (χ3n) is 4.21. The number of amides is 1. The molecule has 7 heteroatoms. The number of sulfone groups is 1. The van der Waals surface area contributed by atoms with Crippen LogP contribution in [-0.4, -0.2) is 49.9 Å². The SMILES string of the molecule is CCCCN(C(=O)COc1ccc(Cl)c(C)c1)C1CCS(=O)(=O)C1. The lowest BCUT2D eigenvalue weighted by atomic mass is 10.2. The van der Waals surface area contributed by atoms with Crippen LogP contribution in [0.2, 0.25) is 5.02 Å². The van der Waals surface area contributed by atoms with Gasteiger partial charge in [-0.25, -0.2) is 8.42 Å². The second kappa shape index (κ2) is 8.21. The highest BCUT2D eigenvalue weighted by Gasteiger charge is 2.34. The average molecular weight is 374 g/mol. The minimum atomic E-state index is -3.03. The molecule has 1 amide bonds. The van der Waals surface area contributed by atoms with Gasteiger partial charge in [-0.1, -0.05) is 24.9 Å². The lowest BCUT2D eigenvalue weighted by molar-refractivity contribution is -0.135. The predicted octanol–water partition coefficient (Wildman–Crippen LogP) is 2.84. The molecular formula is C17H24ClNO4S. The zero-order valence-corrected chi connectivity index (χ0v) is 15.7. The first kappa shape index (κ1) is 19.1. The third kappa shape index (κ3) is 5.11. The topological polar surface area (TPSA) is 63.7 Å². The number of carbonyl (C=O) groups excluding carboxylic acids is 1. The van der Waals surface area contributed by atoms with Gasteiger partial charge < -0.3 is 9.64 Å². The molecule has 1 fully saturated rings. The lowest BCUT2D eigenvalue weighted by Crippen LogP contribution is -2.44. The number of aryl methyl sites for hydroxylation is 1. The van der Waals surface area contributed by atoms with Crippen LogP contribution in [0.25, 0.3) is 0 Å². The highest BCUT2D eigenvalue weighted by atomic mass is 35.5. The summed E-state index contributed by atoms with van der Waals surface area (Å²) in [6, 6.07) is 5.00. The highest BCUT2D eigenvalue weighted by Crippen LogP contribution is 2.22. The summed E-state index contributed by atoms with van der Waals surface area (Å²) in [5, 5.41) is 0.648. The summed E-state index contributed by atoms with van der Waals surface area (Å²) in [6.07, 6.45) is 2.31. The van der Waals surface area contributed by atoms with Gasteiger partial charge in [-0.3, -0.25) is 4.79 Å². The van der Waals surface area contributed by atoms with E-state index in [0.717, 1.165) is 18.4 Å². The van der Waals surface area contributed by atoms with Crippen LogP contribution in [0.4, 0.5) is 0 Å². The second-order valence-corrected chi connectivity index (χ2v) is 8.83. The van der Waals surface area contributed by atoms with E-state index in [4.69, 9.17) is 16.3 Å². The number of carbonyl (C=O) groups is 1. The van der Waals surface area contributed by atoms with E-state index in [1.807, 2.05) is 13.8 Å². The minimum absolute atomic E-state index is 0.0580. The molecule has 134 valence electrons. The molecule has 1 unspecified atom stereocenters. The lowest BCUT2D eigenvalue weighted by Gasteiger charge is -2.28. The molecule has 1 aliphatic rings. The molecule has 0 bridgehead atoms. The van der Waals surface area contributed by atoms with Crippen molar-refractivity contribution in [1.82, 2.24) is 4.90 Å². The number of ether oxygens (including phenoxy) is 1. The zero-order valence-electron chi connectivity index (χ0n) is 14.1. The molecule has 1 aromatic carbocycles. The quantitative estimate of drug-likeness (QED) is 0.737. The van der Waals surface area contributed by atoms with Gasteiger partial charge in [-0.05, 0) is 43.5 Å². The van der Waals surface area contributed by atoms with Crippen LogP contribution in [-0.2, 0) is 14.6 Å². The van der Waals surface area contributed by atoms with Crippen LogP contribution in [0.3, 0.4) is 0 Å². The van der Waals surface area contributed by atoms with Crippen LogP contribution in [0, 0.1) is 6.92 Å². The average Bonchev–Trinajstić information content (AvgIpc) is 2.88. The third-order valence-corrected chi connectivity index (χ3v) is 6.39. The number of nitrogens with zero attached hydrogens (tertiary/aromatic N) is 1. The van der Waals surface area contributed by atoms with Crippen LogP contribution in [0.15, 0.2) is 18.2 Å². The van der Waals surface area contributed by atoms with Gasteiger partial charge in [0.25, 0.3) is 5.91 Å². The maximum absolute atomic E-state index is 12.6.